The molecule has 0 saturated heterocycles. The van der Waals surface area contributed by atoms with Gasteiger partial charge in [-0.3, -0.25) is 0 Å². The van der Waals surface area contributed by atoms with Gasteiger partial charge in [-0.05, 0) is 25.4 Å². The van der Waals surface area contributed by atoms with Gasteiger partial charge in [0, 0.05) is 12.4 Å². The van der Waals surface area contributed by atoms with Crippen LogP contribution in [0.2, 0.25) is 0 Å². The van der Waals surface area contributed by atoms with Crippen LogP contribution in [0.25, 0.3) is 0 Å². The van der Waals surface area contributed by atoms with Gasteiger partial charge in [0.1, 0.15) is 0 Å². The number of hydrogen-bond acceptors (Lipinski definition) is 1. The first-order valence-corrected chi connectivity index (χ1v) is 5.56. The summed E-state index contributed by atoms with van der Waals surface area (Å²) < 4.78 is 0. The lowest BCUT2D eigenvalue weighted by atomic mass is 10.1. The molecule has 0 aliphatic rings. The van der Waals surface area contributed by atoms with Crippen molar-refractivity contribution in [1.29, 1.82) is 0 Å². The van der Waals surface area contributed by atoms with Crippen LogP contribution in [0.1, 0.15) is 33.6 Å². The lowest BCUT2D eigenvalue weighted by Gasteiger charge is -2.23. The van der Waals surface area contributed by atoms with Crippen molar-refractivity contribution in [1.82, 2.24) is 4.90 Å². The van der Waals surface area contributed by atoms with Gasteiger partial charge in [-0.2, -0.15) is 0 Å². The molecule has 0 fully saturated rings. The largest absolute Gasteiger partial charge is 0.303 e. The molecule has 0 aromatic heterocycles. The number of nitrogens with zero attached hydrogens (tertiary/aromatic N) is 1. The highest BCUT2D eigenvalue weighted by molar-refractivity contribution is 6.17. The molecule has 0 radical (unpaired) electrons. The summed E-state index contributed by atoms with van der Waals surface area (Å²) in [6, 6.07) is 0. The molecule has 1 unspecified atom stereocenters. The molecule has 12 heavy (non-hydrogen) atoms. The van der Waals surface area contributed by atoms with Crippen LogP contribution in [0.4, 0.5) is 0 Å². The highest BCUT2D eigenvalue weighted by Gasteiger charge is 2.05. The van der Waals surface area contributed by atoms with Gasteiger partial charge in [-0.25, -0.2) is 0 Å². The molecule has 0 aromatic rings. The summed E-state index contributed by atoms with van der Waals surface area (Å²) in [4.78, 5) is 2.48. The van der Waals surface area contributed by atoms with E-state index in [1.54, 1.807) is 0 Å². The van der Waals surface area contributed by atoms with E-state index in [0.29, 0.717) is 0 Å². The van der Waals surface area contributed by atoms with Crippen LogP contribution in [0.5, 0.6) is 0 Å². The molecule has 0 rings (SSSR count). The third kappa shape index (κ3) is 5.84. The Bertz CT molecular complexity index is 95.8. The van der Waals surface area contributed by atoms with Gasteiger partial charge in [-0.1, -0.05) is 27.2 Å². The number of alkyl halides is 1. The van der Waals surface area contributed by atoms with Gasteiger partial charge in [0.05, 0.1) is 0 Å². The maximum absolute atomic E-state index is 5.65. The van der Waals surface area contributed by atoms with E-state index in [-0.39, 0.29) is 0 Å². The molecule has 0 aromatic carbocycles. The minimum atomic E-state index is 0.789. The van der Waals surface area contributed by atoms with E-state index in [9.17, 15) is 0 Å². The Morgan fingerprint density at radius 3 is 2.42 bits per heavy atom. The molecule has 74 valence electrons. The summed E-state index contributed by atoms with van der Waals surface area (Å²) in [7, 11) is 0. The Labute approximate surface area is 82.1 Å². The van der Waals surface area contributed by atoms with E-state index >= 15 is 0 Å². The van der Waals surface area contributed by atoms with Crippen LogP contribution in [0.15, 0.2) is 0 Å². The molecule has 0 heterocycles. The molecule has 1 atom stereocenters. The minimum Gasteiger partial charge on any atom is -0.303 e. The van der Waals surface area contributed by atoms with Crippen molar-refractivity contribution < 1.29 is 0 Å². The van der Waals surface area contributed by atoms with Gasteiger partial charge in [0.2, 0.25) is 0 Å². The van der Waals surface area contributed by atoms with Gasteiger partial charge < -0.3 is 4.90 Å². The van der Waals surface area contributed by atoms with Crippen LogP contribution in [-0.2, 0) is 0 Å². The average Bonchev–Trinajstić information content (AvgIpc) is 2.11. The van der Waals surface area contributed by atoms with Crippen molar-refractivity contribution in [3.63, 3.8) is 0 Å². The molecule has 2 heteroatoms. The first-order valence-electron chi connectivity index (χ1n) is 5.02. The first-order chi connectivity index (χ1) is 5.74. The third-order valence-corrected chi connectivity index (χ3v) is 2.59. The Hall–Kier alpha value is 0.250. The highest BCUT2D eigenvalue weighted by atomic mass is 35.5. The van der Waals surface area contributed by atoms with Crippen molar-refractivity contribution in [2.24, 2.45) is 5.92 Å². The minimum absolute atomic E-state index is 0.789. The zero-order chi connectivity index (χ0) is 9.40. The summed E-state index contributed by atoms with van der Waals surface area (Å²) in [5, 5.41) is 0. The van der Waals surface area contributed by atoms with E-state index in [1.807, 2.05) is 0 Å². The molecule has 0 aliphatic heterocycles. The second-order valence-corrected chi connectivity index (χ2v) is 3.83. The van der Waals surface area contributed by atoms with Crippen molar-refractivity contribution in [3.05, 3.63) is 0 Å². The van der Waals surface area contributed by atoms with Crippen molar-refractivity contribution in [3.8, 4) is 0 Å². The molecular formula is C10H22ClN. The predicted molar refractivity (Wildman–Crippen MR) is 56.9 cm³/mol. The summed E-state index contributed by atoms with van der Waals surface area (Å²) in [5.41, 5.74) is 0. The second-order valence-electron chi connectivity index (χ2n) is 3.45. The quantitative estimate of drug-likeness (QED) is 0.560. The van der Waals surface area contributed by atoms with Crippen LogP contribution in [0.3, 0.4) is 0 Å². The smallest absolute Gasteiger partial charge is 0.0235 e. The second kappa shape index (κ2) is 7.88. The Morgan fingerprint density at radius 2 is 2.00 bits per heavy atom. The molecule has 0 spiro atoms. The predicted octanol–water partition coefficient (Wildman–Crippen LogP) is 2.98. The first kappa shape index (κ1) is 12.2. The van der Waals surface area contributed by atoms with Gasteiger partial charge >= 0.3 is 0 Å². The van der Waals surface area contributed by atoms with Gasteiger partial charge in [0.25, 0.3) is 0 Å². The molecular weight excluding hydrogens is 170 g/mol. The third-order valence-electron chi connectivity index (χ3n) is 2.32. The van der Waals surface area contributed by atoms with Crippen molar-refractivity contribution in [2.45, 2.75) is 33.6 Å². The molecule has 0 saturated carbocycles. The summed E-state index contributed by atoms with van der Waals surface area (Å²) in [5.74, 6) is 1.61. The van der Waals surface area contributed by atoms with E-state index < -0.39 is 0 Å². The van der Waals surface area contributed by atoms with Crippen LogP contribution >= 0.6 is 11.6 Å². The number of hydrogen-bond donors (Lipinski definition) is 0. The Kier molecular flexibility index (Phi) is 8.04. The van der Waals surface area contributed by atoms with E-state index in [4.69, 9.17) is 11.6 Å². The maximum Gasteiger partial charge on any atom is 0.0235 e. The number of rotatable bonds is 7. The van der Waals surface area contributed by atoms with Gasteiger partial charge in [0.15, 0.2) is 0 Å². The lowest BCUT2D eigenvalue weighted by molar-refractivity contribution is 0.247. The topological polar surface area (TPSA) is 3.24 Å². The fraction of sp³-hybridized carbons (Fsp3) is 1.00. The van der Waals surface area contributed by atoms with E-state index in [1.165, 1.54) is 13.0 Å². The van der Waals surface area contributed by atoms with Crippen molar-refractivity contribution >= 4 is 11.6 Å². The molecule has 0 amide bonds. The van der Waals surface area contributed by atoms with Gasteiger partial charge in [-0.15, -0.1) is 11.6 Å². The fourth-order valence-electron chi connectivity index (χ4n) is 1.23. The summed E-state index contributed by atoms with van der Waals surface area (Å²) in [6.07, 6.45) is 2.39. The maximum atomic E-state index is 5.65. The SMILES string of the molecule is CCC(C)CN(CC)CCCCl. The van der Waals surface area contributed by atoms with E-state index in [0.717, 1.165) is 31.3 Å². The van der Waals surface area contributed by atoms with E-state index in [2.05, 4.69) is 25.7 Å². The Balaban J connectivity index is 3.51. The normalized spacial score (nSPS) is 13.8. The summed E-state index contributed by atoms with van der Waals surface area (Å²) in [6.45, 7) is 10.3. The zero-order valence-electron chi connectivity index (χ0n) is 8.65. The molecule has 0 bridgehead atoms. The molecule has 0 N–H and O–H groups in total. The summed E-state index contributed by atoms with van der Waals surface area (Å²) >= 11 is 5.65. The molecule has 0 aliphatic carbocycles. The standard InChI is InChI=1S/C10H22ClN/c1-4-10(3)9-12(5-2)8-6-7-11/h10H,4-9H2,1-3H3. The monoisotopic (exact) mass is 191 g/mol. The van der Waals surface area contributed by atoms with Crippen LogP contribution < -0.4 is 0 Å². The molecule has 1 nitrogen and oxygen atoms in total. The zero-order valence-corrected chi connectivity index (χ0v) is 9.40. The lowest BCUT2D eigenvalue weighted by Crippen LogP contribution is -2.29. The van der Waals surface area contributed by atoms with Crippen LogP contribution in [0, 0.1) is 5.92 Å². The van der Waals surface area contributed by atoms with Crippen LogP contribution in [-0.4, -0.2) is 30.4 Å². The van der Waals surface area contributed by atoms with Crippen molar-refractivity contribution in [2.75, 3.05) is 25.5 Å². The highest BCUT2D eigenvalue weighted by Crippen LogP contribution is 2.04. The number of halogens is 1. The average molecular weight is 192 g/mol. The fourth-order valence-corrected chi connectivity index (χ4v) is 1.35. The Morgan fingerprint density at radius 1 is 1.33 bits per heavy atom.